The van der Waals surface area contributed by atoms with Crippen molar-refractivity contribution >= 4 is 43.5 Å². The quantitative estimate of drug-likeness (QED) is 0.183. The van der Waals surface area contributed by atoms with E-state index < -0.39 is 78.6 Å². The lowest BCUT2D eigenvalue weighted by Crippen LogP contribution is -2.01. The molecule has 0 fully saturated rings. The van der Waals surface area contributed by atoms with Gasteiger partial charge in [0, 0.05) is 27.5 Å². The second-order valence-electron chi connectivity index (χ2n) is 11.6. The number of furan rings is 1. The van der Waals surface area contributed by atoms with Gasteiger partial charge in [-0.05, 0) is 74.1 Å². The van der Waals surface area contributed by atoms with Crippen molar-refractivity contribution < 1.29 is 27.7 Å². The van der Waals surface area contributed by atoms with Crippen molar-refractivity contribution in [2.75, 3.05) is 0 Å². The molecular weight excluding hydrogens is 623 g/mol. The van der Waals surface area contributed by atoms with Crippen LogP contribution >= 0.6 is 0 Å². The number of hydrogen-bond acceptors (Lipinski definition) is 4. The summed E-state index contributed by atoms with van der Waals surface area (Å²) in [5.41, 5.74) is 0.923. The predicted molar refractivity (Wildman–Crippen MR) is 209 cm³/mol. The third kappa shape index (κ3) is 5.13. The first-order valence-electron chi connectivity index (χ1n) is 24.2. The zero-order valence-corrected chi connectivity index (χ0v) is 26.2. The Morgan fingerprint density at radius 2 is 1.06 bits per heavy atom. The Balaban J connectivity index is 1.22. The monoisotopic (exact) mass is 668 g/mol. The zero-order valence-electron chi connectivity index (χ0n) is 43.2. The summed E-state index contributed by atoms with van der Waals surface area (Å²) >= 11 is 0. The minimum absolute atomic E-state index is 0.0143. The van der Waals surface area contributed by atoms with Gasteiger partial charge in [0.15, 0.2) is 17.5 Å². The normalized spacial score (nSPS) is 16.2. The highest BCUT2D eigenvalue weighted by Gasteiger charge is 2.19. The highest BCUT2D eigenvalue weighted by Crippen LogP contribution is 2.38. The molecule has 10 aromatic rings. The van der Waals surface area contributed by atoms with Crippen molar-refractivity contribution in [2.24, 2.45) is 0 Å². The fourth-order valence-electron chi connectivity index (χ4n) is 6.16. The van der Waals surface area contributed by atoms with Crippen LogP contribution in [0.1, 0.15) is 23.3 Å². The van der Waals surface area contributed by atoms with Crippen molar-refractivity contribution in [3.8, 4) is 56.4 Å². The smallest absolute Gasteiger partial charge is 0.164 e. The molecule has 0 unspecified atom stereocenters. The van der Waals surface area contributed by atoms with Gasteiger partial charge in [-0.1, -0.05) is 145 Å². The van der Waals surface area contributed by atoms with Gasteiger partial charge in [-0.3, -0.25) is 0 Å². The van der Waals surface area contributed by atoms with Gasteiger partial charge in [-0.15, -0.1) is 0 Å². The summed E-state index contributed by atoms with van der Waals surface area (Å²) in [7, 11) is 0. The minimum atomic E-state index is -0.587. The summed E-state index contributed by atoms with van der Waals surface area (Å²) in [4.78, 5) is 14.5. The van der Waals surface area contributed by atoms with Crippen LogP contribution in [0, 0.1) is 0 Å². The lowest BCUT2D eigenvalue weighted by molar-refractivity contribution is 0.669. The van der Waals surface area contributed by atoms with E-state index in [2.05, 4.69) is 0 Å². The Kier molecular flexibility index (Phi) is 3.89. The number of para-hydroxylation sites is 1. The molecule has 0 aliphatic heterocycles. The maximum atomic E-state index is 9.23. The summed E-state index contributed by atoms with van der Waals surface area (Å²) < 4.78 is 151. The molecule has 0 saturated heterocycles. The van der Waals surface area contributed by atoms with Crippen molar-refractivity contribution in [1.82, 2.24) is 15.0 Å². The Bertz CT molecular complexity index is 3880. The average molecular weight is 669 g/mol. The van der Waals surface area contributed by atoms with E-state index in [9.17, 15) is 1.37 Å². The van der Waals surface area contributed by atoms with Crippen LogP contribution < -0.4 is 0 Å². The molecule has 0 saturated carbocycles. The zero-order chi connectivity index (χ0) is 48.5. The van der Waals surface area contributed by atoms with Crippen molar-refractivity contribution in [3.63, 3.8) is 0 Å². The Morgan fingerprint density at radius 3 is 1.92 bits per heavy atom. The van der Waals surface area contributed by atoms with Gasteiger partial charge in [-0.25, -0.2) is 15.0 Å². The van der Waals surface area contributed by atoms with Crippen LogP contribution in [0.25, 0.3) is 99.9 Å². The first-order valence-corrected chi connectivity index (χ1v) is 15.7. The third-order valence-corrected chi connectivity index (χ3v) is 8.56. The van der Waals surface area contributed by atoms with Gasteiger partial charge in [-0.2, -0.15) is 0 Å². The van der Waals surface area contributed by atoms with Crippen LogP contribution in [0.2, 0.25) is 0 Å². The lowest BCUT2D eigenvalue weighted by Gasteiger charge is -2.13. The fourth-order valence-corrected chi connectivity index (χ4v) is 6.16. The molecule has 0 N–H and O–H groups in total. The average Bonchev–Trinajstić information content (AvgIpc) is 3.71. The lowest BCUT2D eigenvalue weighted by atomic mass is 9.97. The fraction of sp³-hybridized carbons (Fsp3) is 0. The van der Waals surface area contributed by atoms with Gasteiger partial charge >= 0.3 is 0 Å². The molecule has 0 radical (unpaired) electrons. The van der Waals surface area contributed by atoms with E-state index >= 15 is 0 Å². The summed E-state index contributed by atoms with van der Waals surface area (Å²) in [6.07, 6.45) is 0. The van der Waals surface area contributed by atoms with Crippen LogP contribution in [-0.4, -0.2) is 15.0 Å². The van der Waals surface area contributed by atoms with E-state index in [0.717, 1.165) is 0 Å². The van der Waals surface area contributed by atoms with E-state index in [-0.39, 0.29) is 102 Å². The molecule has 8 aromatic carbocycles. The summed E-state index contributed by atoms with van der Waals surface area (Å²) in [5, 5.41) is 1.49. The molecule has 4 nitrogen and oxygen atoms in total. The van der Waals surface area contributed by atoms with Gasteiger partial charge in [0.1, 0.15) is 11.2 Å². The predicted octanol–water partition coefficient (Wildman–Crippen LogP) is 12.4. The highest BCUT2D eigenvalue weighted by molar-refractivity contribution is 6.11. The third-order valence-electron chi connectivity index (χ3n) is 8.56. The number of hydrogen-bond donors (Lipinski definition) is 0. The molecule has 2 heterocycles. The van der Waals surface area contributed by atoms with Gasteiger partial charge in [0.2, 0.25) is 0 Å². The van der Waals surface area contributed by atoms with Crippen LogP contribution in [-0.2, 0) is 0 Å². The second-order valence-corrected chi connectivity index (χ2v) is 11.6. The van der Waals surface area contributed by atoms with Crippen LogP contribution in [0.4, 0.5) is 0 Å². The summed E-state index contributed by atoms with van der Waals surface area (Å²) in [6.45, 7) is 0. The Morgan fingerprint density at radius 1 is 0.392 bits per heavy atom. The van der Waals surface area contributed by atoms with Crippen LogP contribution in [0.5, 0.6) is 0 Å². The summed E-state index contributed by atoms with van der Waals surface area (Å²) in [6, 6.07) is 11.8. The molecule has 10 rings (SSSR count). The van der Waals surface area contributed by atoms with E-state index in [0.29, 0.717) is 21.9 Å². The molecule has 0 aliphatic carbocycles. The first kappa shape index (κ1) is 16.7. The number of fused-ring (bicyclic) bond motifs is 5. The number of benzene rings is 8. The van der Waals surface area contributed by atoms with Crippen molar-refractivity contribution in [2.45, 2.75) is 0 Å². The molecule has 0 atom stereocenters. The van der Waals surface area contributed by atoms with Gasteiger partial charge in [0.05, 0.1) is 23.3 Å². The molecule has 0 amide bonds. The first-order chi connectivity index (χ1) is 32.3. The largest absolute Gasteiger partial charge is 0.456 e. The Labute approximate surface area is 318 Å². The standard InChI is InChI=1S/C47H29N3O/c1-2-12-31(13-3-1)38-15-6-7-16-39(38)46-48-45(49-47(50-46)41-18-10-20-43-44(41)40-17-8-9-19-42(40)51-43)37-26-25-35-28-34(23-24-36(35)29-37)33-22-21-30-11-4-5-14-32(30)27-33/h1-29H/i1D,2D,3D,4D,5D,8D,9D,10D,11D,12D,13D,14D,18D,19D,20D,21D,22D. The molecule has 0 spiro atoms. The van der Waals surface area contributed by atoms with Gasteiger partial charge in [0.25, 0.3) is 0 Å². The molecule has 2 aromatic heterocycles. The topological polar surface area (TPSA) is 51.8 Å². The number of nitrogens with zero attached hydrogens (tertiary/aromatic N) is 3. The molecule has 4 heteroatoms. The Hall–Kier alpha value is -6.91. The minimum Gasteiger partial charge on any atom is -0.456 e. The van der Waals surface area contributed by atoms with Gasteiger partial charge < -0.3 is 4.42 Å². The van der Waals surface area contributed by atoms with Crippen molar-refractivity contribution in [3.05, 3.63) is 176 Å². The molecule has 0 bridgehead atoms. The van der Waals surface area contributed by atoms with E-state index in [4.69, 9.17) is 41.3 Å². The van der Waals surface area contributed by atoms with E-state index in [1.807, 2.05) is 0 Å². The number of rotatable bonds is 5. The summed E-state index contributed by atoms with van der Waals surface area (Å²) in [5.74, 6) is -0.275. The SMILES string of the molecule is [2H]c1cc2c(oc3c([2H])c([2H])c([2H])c(-c4nc(-c5ccc6cc(-c7cc8c([2H])c([2H])c([2H])c([2H])c8c([2H])c7[2H])ccc6c5)nc(-c5ccccc5-c5c([2H])c([2H])c([2H])c([2H])c5[2H])n4)c32)c([2H])c1[2H]. The van der Waals surface area contributed by atoms with Crippen LogP contribution in [0.3, 0.4) is 0 Å². The molecule has 51 heavy (non-hydrogen) atoms. The maximum Gasteiger partial charge on any atom is 0.164 e. The van der Waals surface area contributed by atoms with E-state index in [1.54, 1.807) is 60.7 Å². The molecule has 238 valence electrons. The van der Waals surface area contributed by atoms with Crippen molar-refractivity contribution in [1.29, 1.82) is 0 Å². The molecular formula is C47H29N3O. The molecule has 0 aliphatic rings. The van der Waals surface area contributed by atoms with E-state index in [1.165, 1.54) is 12.1 Å². The number of aromatic nitrogens is 3. The second kappa shape index (κ2) is 11.9. The highest BCUT2D eigenvalue weighted by atomic mass is 16.3. The van der Waals surface area contributed by atoms with Crippen LogP contribution in [0.15, 0.2) is 180 Å². The maximum absolute atomic E-state index is 9.23.